The van der Waals surface area contributed by atoms with E-state index < -0.39 is 0 Å². The fraction of sp³-hybridized carbons (Fsp3) is 0.571. The van der Waals surface area contributed by atoms with Crippen LogP contribution in [0.5, 0.6) is 0 Å². The third-order valence-corrected chi connectivity index (χ3v) is 4.68. The topological polar surface area (TPSA) is 78.1 Å². The lowest BCUT2D eigenvalue weighted by Crippen LogP contribution is -2.50. The van der Waals surface area contributed by atoms with Gasteiger partial charge in [-0.3, -0.25) is 9.48 Å². The van der Waals surface area contributed by atoms with Crippen molar-refractivity contribution in [1.29, 1.82) is 0 Å². The lowest BCUT2D eigenvalue weighted by Gasteiger charge is -2.40. The van der Waals surface area contributed by atoms with Gasteiger partial charge in [0.25, 0.3) is 5.91 Å². The summed E-state index contributed by atoms with van der Waals surface area (Å²) in [5, 5.41) is 12.3. The van der Waals surface area contributed by atoms with Crippen LogP contribution in [0.1, 0.15) is 34.2 Å². The highest BCUT2D eigenvalue weighted by Crippen LogP contribution is 2.30. The van der Waals surface area contributed by atoms with Crippen molar-refractivity contribution in [3.05, 3.63) is 29.3 Å². The Labute approximate surface area is 127 Å². The van der Waals surface area contributed by atoms with Crippen molar-refractivity contribution >= 4 is 5.91 Å². The van der Waals surface area contributed by atoms with Gasteiger partial charge in [0, 0.05) is 25.8 Å². The van der Waals surface area contributed by atoms with Crippen molar-refractivity contribution in [3.8, 4) is 0 Å². The Morgan fingerprint density at radius 3 is 3.05 bits per heavy atom. The van der Waals surface area contributed by atoms with Crippen LogP contribution < -0.4 is 0 Å². The van der Waals surface area contributed by atoms with Gasteiger partial charge in [-0.2, -0.15) is 5.10 Å². The molecule has 116 valence electrons. The number of rotatable bonds is 1. The molecule has 22 heavy (non-hydrogen) atoms. The number of hydrogen-bond acceptors (Lipinski definition) is 5. The van der Waals surface area contributed by atoms with E-state index in [0.717, 1.165) is 17.8 Å². The quantitative estimate of drug-likeness (QED) is 0.757. The molecular formula is C14H18N6O2. The normalized spacial score (nSPS) is 24.0. The van der Waals surface area contributed by atoms with Crippen LogP contribution in [0, 0.1) is 6.92 Å². The van der Waals surface area contributed by atoms with Crippen molar-refractivity contribution in [3.63, 3.8) is 0 Å². The van der Waals surface area contributed by atoms with Crippen LogP contribution in [-0.2, 0) is 18.4 Å². The number of carbonyl (C=O) groups is 1. The third-order valence-electron chi connectivity index (χ3n) is 4.68. The SMILES string of the molecule is Cc1c(C(=O)N2CC[C@@H]3OCc4cnnn4[C@@H]3C2)cnn1C. The van der Waals surface area contributed by atoms with Crippen LogP contribution in [0.3, 0.4) is 0 Å². The summed E-state index contributed by atoms with van der Waals surface area (Å²) in [5.41, 5.74) is 2.51. The standard InChI is InChI=1S/C14H18N6O2/c1-9-11(6-16-18(9)2)14(21)19-4-3-13-12(7-19)20-10(8-22-13)5-15-17-20/h5-6,12-13H,3-4,7-8H2,1-2H3/t12-,13+/m1/s1. The summed E-state index contributed by atoms with van der Waals surface area (Å²) in [5.74, 6) is 0.0243. The molecule has 8 heteroatoms. The van der Waals surface area contributed by atoms with Gasteiger partial charge < -0.3 is 9.64 Å². The van der Waals surface area contributed by atoms with E-state index in [-0.39, 0.29) is 18.1 Å². The van der Waals surface area contributed by atoms with E-state index in [0.29, 0.717) is 25.3 Å². The van der Waals surface area contributed by atoms with Crippen molar-refractivity contribution in [2.45, 2.75) is 32.1 Å². The summed E-state index contributed by atoms with van der Waals surface area (Å²) in [7, 11) is 1.84. The zero-order chi connectivity index (χ0) is 15.3. The molecule has 0 radical (unpaired) electrons. The van der Waals surface area contributed by atoms with Crippen LogP contribution in [0.4, 0.5) is 0 Å². The van der Waals surface area contributed by atoms with Gasteiger partial charge in [0.2, 0.25) is 0 Å². The number of nitrogens with zero attached hydrogens (tertiary/aromatic N) is 6. The van der Waals surface area contributed by atoms with E-state index in [1.165, 1.54) is 0 Å². The van der Waals surface area contributed by atoms with E-state index in [1.807, 2.05) is 23.6 Å². The zero-order valence-corrected chi connectivity index (χ0v) is 12.6. The van der Waals surface area contributed by atoms with Gasteiger partial charge in [-0.15, -0.1) is 5.10 Å². The highest BCUT2D eigenvalue weighted by molar-refractivity contribution is 5.95. The van der Waals surface area contributed by atoms with Gasteiger partial charge in [0.15, 0.2) is 0 Å². The fourth-order valence-electron chi connectivity index (χ4n) is 3.24. The number of hydrogen-bond donors (Lipinski definition) is 0. The molecule has 0 unspecified atom stereocenters. The van der Waals surface area contributed by atoms with Crippen molar-refractivity contribution in [1.82, 2.24) is 29.7 Å². The number of carbonyl (C=O) groups excluding carboxylic acids is 1. The van der Waals surface area contributed by atoms with E-state index in [2.05, 4.69) is 15.4 Å². The second-order valence-corrected chi connectivity index (χ2v) is 5.89. The number of likely N-dealkylation sites (tertiary alicyclic amines) is 1. The first-order valence-corrected chi connectivity index (χ1v) is 7.43. The molecule has 4 heterocycles. The maximum atomic E-state index is 12.7. The molecule has 1 amide bonds. The van der Waals surface area contributed by atoms with Gasteiger partial charge >= 0.3 is 0 Å². The molecule has 0 saturated carbocycles. The second-order valence-electron chi connectivity index (χ2n) is 5.89. The van der Waals surface area contributed by atoms with Crippen LogP contribution >= 0.6 is 0 Å². The van der Waals surface area contributed by atoms with Crippen molar-refractivity contribution < 1.29 is 9.53 Å². The van der Waals surface area contributed by atoms with Crippen LogP contribution in [0.2, 0.25) is 0 Å². The smallest absolute Gasteiger partial charge is 0.257 e. The first-order valence-electron chi connectivity index (χ1n) is 7.43. The highest BCUT2D eigenvalue weighted by Gasteiger charge is 2.38. The molecule has 2 atom stereocenters. The molecule has 0 spiro atoms. The minimum Gasteiger partial charge on any atom is -0.370 e. The number of fused-ring (bicyclic) bond motifs is 3. The lowest BCUT2D eigenvalue weighted by molar-refractivity contribution is -0.0605. The molecule has 2 aliphatic rings. The number of piperidine rings is 1. The minimum absolute atomic E-state index is 0.0243. The van der Waals surface area contributed by atoms with Crippen LogP contribution in [0.15, 0.2) is 12.4 Å². The van der Waals surface area contributed by atoms with E-state index in [1.54, 1.807) is 17.1 Å². The molecular weight excluding hydrogens is 284 g/mol. The van der Waals surface area contributed by atoms with Gasteiger partial charge in [-0.25, -0.2) is 4.68 Å². The summed E-state index contributed by atoms with van der Waals surface area (Å²) in [6, 6.07) is 0.0425. The van der Waals surface area contributed by atoms with E-state index in [4.69, 9.17) is 4.74 Å². The van der Waals surface area contributed by atoms with Crippen molar-refractivity contribution in [2.24, 2.45) is 7.05 Å². The number of amides is 1. The highest BCUT2D eigenvalue weighted by atomic mass is 16.5. The molecule has 0 bridgehead atoms. The Morgan fingerprint density at radius 1 is 1.41 bits per heavy atom. The molecule has 8 nitrogen and oxygen atoms in total. The average molecular weight is 302 g/mol. The summed E-state index contributed by atoms with van der Waals surface area (Å²) in [6.07, 6.45) is 4.28. The zero-order valence-electron chi connectivity index (χ0n) is 12.6. The molecule has 2 aromatic heterocycles. The first kappa shape index (κ1) is 13.4. The Bertz CT molecular complexity index is 721. The average Bonchev–Trinajstić information content (AvgIpc) is 3.14. The van der Waals surface area contributed by atoms with Gasteiger partial charge in [-0.05, 0) is 13.3 Å². The fourth-order valence-corrected chi connectivity index (χ4v) is 3.24. The molecule has 0 N–H and O–H groups in total. The maximum absolute atomic E-state index is 12.7. The summed E-state index contributed by atoms with van der Waals surface area (Å²) < 4.78 is 9.50. The maximum Gasteiger partial charge on any atom is 0.257 e. The minimum atomic E-state index is 0.0243. The molecule has 1 fully saturated rings. The van der Waals surface area contributed by atoms with Gasteiger partial charge in [-0.1, -0.05) is 5.21 Å². The van der Waals surface area contributed by atoms with E-state index in [9.17, 15) is 4.79 Å². The first-order chi connectivity index (χ1) is 10.6. The molecule has 4 rings (SSSR count). The Hall–Kier alpha value is -2.22. The predicted octanol–water partition coefficient (Wildman–Crippen LogP) is 0.306. The third kappa shape index (κ3) is 1.94. The Morgan fingerprint density at radius 2 is 2.27 bits per heavy atom. The Balaban J connectivity index is 1.59. The summed E-state index contributed by atoms with van der Waals surface area (Å²) in [6.45, 7) is 3.74. The molecule has 0 aromatic carbocycles. The molecule has 2 aromatic rings. The largest absolute Gasteiger partial charge is 0.370 e. The Kier molecular flexibility index (Phi) is 3.00. The van der Waals surface area contributed by atoms with Crippen LogP contribution in [-0.4, -0.2) is 54.8 Å². The number of aromatic nitrogens is 5. The van der Waals surface area contributed by atoms with Gasteiger partial charge in [0.1, 0.15) is 0 Å². The van der Waals surface area contributed by atoms with Crippen LogP contribution in [0.25, 0.3) is 0 Å². The molecule has 0 aliphatic carbocycles. The van der Waals surface area contributed by atoms with Crippen molar-refractivity contribution in [2.75, 3.05) is 13.1 Å². The monoisotopic (exact) mass is 302 g/mol. The lowest BCUT2D eigenvalue weighted by atomic mass is 9.99. The second kappa shape index (κ2) is 4.91. The number of ether oxygens (including phenoxy) is 1. The molecule has 1 saturated heterocycles. The summed E-state index contributed by atoms with van der Waals surface area (Å²) >= 11 is 0. The molecule has 2 aliphatic heterocycles. The number of aryl methyl sites for hydroxylation is 1. The van der Waals surface area contributed by atoms with Gasteiger partial charge in [0.05, 0.1) is 42.4 Å². The predicted molar refractivity (Wildman–Crippen MR) is 76.1 cm³/mol. The summed E-state index contributed by atoms with van der Waals surface area (Å²) in [4.78, 5) is 14.6. The van der Waals surface area contributed by atoms with E-state index >= 15 is 0 Å².